The predicted molar refractivity (Wildman–Crippen MR) is 78.1 cm³/mol. The van der Waals surface area contributed by atoms with E-state index in [9.17, 15) is 22.7 Å². The molecule has 0 bridgehead atoms. The zero-order chi connectivity index (χ0) is 17.9. The first-order valence-electron chi connectivity index (χ1n) is 7.18. The maximum atomic E-state index is 13.5. The van der Waals surface area contributed by atoms with Crippen molar-refractivity contribution in [1.29, 1.82) is 0 Å². The highest BCUT2D eigenvalue weighted by Gasteiger charge is 2.56. The van der Waals surface area contributed by atoms with Crippen LogP contribution in [0.1, 0.15) is 32.8 Å². The Morgan fingerprint density at radius 1 is 1.17 bits per heavy atom. The standard InChI is InChI=1S/C16H22F4O3/c1-5-23-10-15(21,16(18,19)20)9-14(2,3)12-8-11(17)6-7-13(12)22-4/h6-8,21H,5,9-10H2,1-4H3. The summed E-state index contributed by atoms with van der Waals surface area (Å²) in [6.07, 6.45) is -5.57. The van der Waals surface area contributed by atoms with E-state index in [2.05, 4.69) is 0 Å². The van der Waals surface area contributed by atoms with Gasteiger partial charge in [-0.3, -0.25) is 0 Å². The molecular weight excluding hydrogens is 316 g/mol. The Hall–Kier alpha value is -1.34. The molecule has 1 aromatic rings. The van der Waals surface area contributed by atoms with Gasteiger partial charge in [-0.25, -0.2) is 4.39 Å². The number of ether oxygens (including phenoxy) is 2. The van der Waals surface area contributed by atoms with Crippen LogP contribution in [0.15, 0.2) is 18.2 Å². The molecule has 0 aliphatic carbocycles. The lowest BCUT2D eigenvalue weighted by molar-refractivity contribution is -0.281. The minimum Gasteiger partial charge on any atom is -0.496 e. The maximum absolute atomic E-state index is 13.5. The smallest absolute Gasteiger partial charge is 0.419 e. The number of rotatable bonds is 7. The first-order valence-corrected chi connectivity index (χ1v) is 7.18. The third-order valence-electron chi connectivity index (χ3n) is 3.70. The van der Waals surface area contributed by atoms with Gasteiger partial charge in [-0.15, -0.1) is 0 Å². The van der Waals surface area contributed by atoms with Crippen LogP contribution in [0.3, 0.4) is 0 Å². The zero-order valence-electron chi connectivity index (χ0n) is 13.6. The molecule has 1 rings (SSSR count). The molecule has 0 saturated heterocycles. The summed E-state index contributed by atoms with van der Waals surface area (Å²) in [6, 6.07) is 3.63. The van der Waals surface area contributed by atoms with E-state index in [4.69, 9.17) is 9.47 Å². The van der Waals surface area contributed by atoms with Crippen LogP contribution >= 0.6 is 0 Å². The lowest BCUT2D eigenvalue weighted by Crippen LogP contribution is -2.52. The van der Waals surface area contributed by atoms with Crippen molar-refractivity contribution in [2.75, 3.05) is 20.3 Å². The van der Waals surface area contributed by atoms with Gasteiger partial charge >= 0.3 is 6.18 Å². The molecule has 0 aliphatic heterocycles. The summed E-state index contributed by atoms with van der Waals surface area (Å²) in [5.41, 5.74) is -3.99. The Kier molecular flexibility index (Phi) is 6.04. The Labute approximate surface area is 133 Å². The van der Waals surface area contributed by atoms with Crippen molar-refractivity contribution in [3.05, 3.63) is 29.6 Å². The van der Waals surface area contributed by atoms with Crippen LogP contribution in [0.5, 0.6) is 5.75 Å². The van der Waals surface area contributed by atoms with E-state index < -0.39 is 36.0 Å². The largest absolute Gasteiger partial charge is 0.496 e. The Morgan fingerprint density at radius 2 is 1.78 bits per heavy atom. The van der Waals surface area contributed by atoms with E-state index >= 15 is 0 Å². The SMILES string of the molecule is CCOCC(O)(CC(C)(C)c1cc(F)ccc1OC)C(F)(F)F. The van der Waals surface area contributed by atoms with Crippen molar-refractivity contribution in [1.82, 2.24) is 0 Å². The molecule has 7 heteroatoms. The molecule has 1 unspecified atom stereocenters. The minimum atomic E-state index is -4.87. The summed E-state index contributed by atoms with van der Waals surface area (Å²) in [7, 11) is 1.35. The van der Waals surface area contributed by atoms with E-state index in [1.165, 1.54) is 33.9 Å². The van der Waals surface area contributed by atoms with Gasteiger partial charge in [-0.2, -0.15) is 13.2 Å². The van der Waals surface area contributed by atoms with Crippen LogP contribution in [0.25, 0.3) is 0 Å². The summed E-state index contributed by atoms with van der Waals surface area (Å²) >= 11 is 0. The first-order chi connectivity index (χ1) is 10.5. The molecule has 1 aromatic carbocycles. The van der Waals surface area contributed by atoms with Crippen molar-refractivity contribution < 1.29 is 32.1 Å². The highest BCUT2D eigenvalue weighted by molar-refractivity contribution is 5.39. The van der Waals surface area contributed by atoms with Crippen molar-refractivity contribution in [3.8, 4) is 5.75 Å². The van der Waals surface area contributed by atoms with Crippen LogP contribution in [0.2, 0.25) is 0 Å². The monoisotopic (exact) mass is 338 g/mol. The summed E-state index contributed by atoms with van der Waals surface area (Å²) in [4.78, 5) is 0. The third kappa shape index (κ3) is 4.57. The molecule has 0 aliphatic rings. The zero-order valence-corrected chi connectivity index (χ0v) is 13.6. The van der Waals surface area contributed by atoms with E-state index in [1.54, 1.807) is 0 Å². The number of hydrogen-bond donors (Lipinski definition) is 1. The summed E-state index contributed by atoms with van der Waals surface area (Å²) in [5.74, 6) is -0.327. The highest BCUT2D eigenvalue weighted by Crippen LogP contribution is 2.43. The second-order valence-corrected chi connectivity index (χ2v) is 6.07. The molecule has 132 valence electrons. The van der Waals surface area contributed by atoms with Gasteiger partial charge in [-0.1, -0.05) is 13.8 Å². The fraction of sp³-hybridized carbons (Fsp3) is 0.625. The van der Waals surface area contributed by atoms with Crippen LogP contribution in [0, 0.1) is 5.82 Å². The molecule has 0 amide bonds. The first kappa shape index (κ1) is 19.7. The predicted octanol–water partition coefficient (Wildman–Crippen LogP) is 3.83. The Morgan fingerprint density at radius 3 is 2.26 bits per heavy atom. The quantitative estimate of drug-likeness (QED) is 0.768. The van der Waals surface area contributed by atoms with Gasteiger partial charge in [0.1, 0.15) is 11.6 Å². The molecule has 0 radical (unpaired) electrons. The molecule has 1 atom stereocenters. The van der Waals surface area contributed by atoms with Crippen LogP contribution < -0.4 is 4.74 Å². The van der Waals surface area contributed by atoms with Gasteiger partial charge in [0.05, 0.1) is 13.7 Å². The minimum absolute atomic E-state index is 0.0438. The van der Waals surface area contributed by atoms with Crippen LogP contribution in [0.4, 0.5) is 17.6 Å². The van der Waals surface area contributed by atoms with Gasteiger partial charge in [0.2, 0.25) is 0 Å². The molecular formula is C16H22F4O3. The molecule has 0 saturated carbocycles. The van der Waals surface area contributed by atoms with Gasteiger partial charge in [0, 0.05) is 12.2 Å². The number of alkyl halides is 3. The average Bonchev–Trinajstić information content (AvgIpc) is 2.43. The number of aliphatic hydroxyl groups is 1. The number of hydrogen-bond acceptors (Lipinski definition) is 3. The lowest BCUT2D eigenvalue weighted by Gasteiger charge is -2.38. The summed E-state index contributed by atoms with van der Waals surface area (Å²) in [5, 5.41) is 10.1. The van der Waals surface area contributed by atoms with Crippen molar-refractivity contribution in [3.63, 3.8) is 0 Å². The van der Waals surface area contributed by atoms with Crippen LogP contribution in [-0.4, -0.2) is 37.2 Å². The molecule has 0 aromatic heterocycles. The molecule has 3 nitrogen and oxygen atoms in total. The molecule has 23 heavy (non-hydrogen) atoms. The van der Waals surface area contributed by atoms with Gasteiger partial charge in [-0.05, 0) is 37.0 Å². The fourth-order valence-electron chi connectivity index (χ4n) is 2.54. The van der Waals surface area contributed by atoms with Crippen LogP contribution in [-0.2, 0) is 10.2 Å². The van der Waals surface area contributed by atoms with E-state index in [-0.39, 0.29) is 17.9 Å². The van der Waals surface area contributed by atoms with Crippen molar-refractivity contribution in [2.24, 2.45) is 0 Å². The lowest BCUT2D eigenvalue weighted by atomic mass is 9.74. The van der Waals surface area contributed by atoms with Crippen molar-refractivity contribution >= 4 is 0 Å². The number of halogens is 4. The highest BCUT2D eigenvalue weighted by atomic mass is 19.4. The van der Waals surface area contributed by atoms with E-state index in [0.29, 0.717) is 0 Å². The van der Waals surface area contributed by atoms with Gasteiger partial charge < -0.3 is 14.6 Å². The normalized spacial score (nSPS) is 15.3. The topological polar surface area (TPSA) is 38.7 Å². The Balaban J connectivity index is 3.23. The van der Waals surface area contributed by atoms with Gasteiger partial charge in [0.25, 0.3) is 0 Å². The fourth-order valence-corrected chi connectivity index (χ4v) is 2.54. The van der Waals surface area contributed by atoms with Gasteiger partial charge in [0.15, 0.2) is 5.60 Å². The second kappa shape index (κ2) is 7.05. The summed E-state index contributed by atoms with van der Waals surface area (Å²) in [6.45, 7) is 3.69. The molecule has 0 spiro atoms. The molecule has 0 fully saturated rings. The Bertz CT molecular complexity index is 529. The van der Waals surface area contributed by atoms with Crippen molar-refractivity contribution in [2.45, 2.75) is 44.4 Å². The van der Waals surface area contributed by atoms with E-state index in [1.807, 2.05) is 0 Å². The molecule has 1 N–H and O–H groups in total. The number of benzene rings is 1. The number of methoxy groups -OCH3 is 1. The molecule has 0 heterocycles. The summed E-state index contributed by atoms with van der Waals surface area (Å²) < 4.78 is 63.3. The third-order valence-corrected chi connectivity index (χ3v) is 3.70. The average molecular weight is 338 g/mol. The maximum Gasteiger partial charge on any atom is 0.419 e. The second-order valence-electron chi connectivity index (χ2n) is 6.07. The van der Waals surface area contributed by atoms with E-state index in [0.717, 1.165) is 12.1 Å².